The van der Waals surface area contributed by atoms with Crippen LogP contribution in [0.25, 0.3) is 0 Å². The van der Waals surface area contributed by atoms with Gasteiger partial charge in [0.2, 0.25) is 0 Å². The quantitative estimate of drug-likeness (QED) is 0.922. The Bertz CT molecular complexity index is 522. The van der Waals surface area contributed by atoms with Crippen LogP contribution < -0.4 is 0 Å². The summed E-state index contributed by atoms with van der Waals surface area (Å²) >= 11 is 6.16. The zero-order valence-corrected chi connectivity index (χ0v) is 11.4. The molecule has 0 aliphatic heterocycles. The second kappa shape index (κ2) is 5.55. The zero-order valence-electron chi connectivity index (χ0n) is 10.6. The maximum Gasteiger partial charge on any atom is 0.130 e. The van der Waals surface area contributed by atoms with Gasteiger partial charge in [-0.05, 0) is 25.3 Å². The van der Waals surface area contributed by atoms with Crippen LogP contribution in [0.5, 0.6) is 0 Å². The third-order valence-corrected chi connectivity index (χ3v) is 3.59. The minimum absolute atomic E-state index is 0.457. The van der Waals surface area contributed by atoms with Crippen molar-refractivity contribution in [1.82, 2.24) is 9.78 Å². The molecule has 1 aromatic heterocycles. The summed E-state index contributed by atoms with van der Waals surface area (Å²) in [6.45, 7) is 1.94. The molecule has 1 aromatic carbocycles. The monoisotopic (exact) mass is 264 g/mol. The van der Waals surface area contributed by atoms with Gasteiger partial charge in [-0.1, -0.05) is 41.9 Å². The molecule has 0 bridgehead atoms. The highest BCUT2D eigenvalue weighted by atomic mass is 35.5. The van der Waals surface area contributed by atoms with E-state index >= 15 is 0 Å². The number of hydrogen-bond acceptors (Lipinski definition) is 2. The Morgan fingerprint density at radius 1 is 1.33 bits per heavy atom. The Balaban J connectivity index is 2.04. The number of nitrogens with zero attached hydrogens (tertiary/aromatic N) is 2. The molecule has 0 amide bonds. The van der Waals surface area contributed by atoms with Crippen molar-refractivity contribution < 1.29 is 5.11 Å². The third-order valence-electron chi connectivity index (χ3n) is 3.12. The molecule has 4 heteroatoms. The van der Waals surface area contributed by atoms with E-state index in [1.807, 2.05) is 44.3 Å². The molecule has 2 rings (SSSR count). The molecule has 3 nitrogen and oxygen atoms in total. The first-order valence-electron chi connectivity index (χ1n) is 6.00. The lowest BCUT2D eigenvalue weighted by molar-refractivity contribution is 0.168. The molecular formula is C14H17ClN2O. The van der Waals surface area contributed by atoms with E-state index in [0.717, 1.165) is 23.2 Å². The predicted molar refractivity (Wildman–Crippen MR) is 72.7 cm³/mol. The third kappa shape index (κ3) is 2.74. The molecule has 1 heterocycles. The molecular weight excluding hydrogens is 248 g/mol. The van der Waals surface area contributed by atoms with E-state index in [1.54, 1.807) is 4.68 Å². The first-order chi connectivity index (χ1) is 8.59. The van der Waals surface area contributed by atoms with Gasteiger partial charge in [-0.25, -0.2) is 0 Å². The number of benzene rings is 1. The van der Waals surface area contributed by atoms with Gasteiger partial charge >= 0.3 is 0 Å². The number of hydrogen-bond donors (Lipinski definition) is 1. The molecule has 1 atom stereocenters. The second-order valence-electron chi connectivity index (χ2n) is 4.44. The highest BCUT2D eigenvalue weighted by molar-refractivity contribution is 6.30. The summed E-state index contributed by atoms with van der Waals surface area (Å²) < 4.78 is 1.67. The van der Waals surface area contributed by atoms with Crippen LogP contribution in [-0.4, -0.2) is 14.9 Å². The van der Waals surface area contributed by atoms with Gasteiger partial charge < -0.3 is 5.11 Å². The van der Waals surface area contributed by atoms with Gasteiger partial charge in [0, 0.05) is 12.6 Å². The lowest BCUT2D eigenvalue weighted by Crippen LogP contribution is -2.00. The van der Waals surface area contributed by atoms with E-state index in [1.165, 1.54) is 0 Å². The van der Waals surface area contributed by atoms with Gasteiger partial charge in [0.25, 0.3) is 0 Å². The molecule has 0 spiro atoms. The van der Waals surface area contributed by atoms with Gasteiger partial charge in [-0.2, -0.15) is 5.10 Å². The fourth-order valence-electron chi connectivity index (χ4n) is 2.08. The van der Waals surface area contributed by atoms with Crippen molar-refractivity contribution in [2.24, 2.45) is 7.05 Å². The summed E-state index contributed by atoms with van der Waals surface area (Å²) in [5, 5.41) is 15.0. The Hall–Kier alpha value is -1.32. The molecule has 1 unspecified atom stereocenters. The highest BCUT2D eigenvalue weighted by Crippen LogP contribution is 2.24. The predicted octanol–water partition coefficient (Wildman–Crippen LogP) is 3.05. The highest BCUT2D eigenvalue weighted by Gasteiger charge is 2.14. The molecule has 18 heavy (non-hydrogen) atoms. The van der Waals surface area contributed by atoms with Gasteiger partial charge in [-0.3, -0.25) is 4.68 Å². The minimum Gasteiger partial charge on any atom is -0.388 e. The van der Waals surface area contributed by atoms with E-state index < -0.39 is 6.10 Å². The van der Waals surface area contributed by atoms with Crippen LogP contribution in [0.1, 0.15) is 29.3 Å². The zero-order chi connectivity index (χ0) is 13.1. The fourth-order valence-corrected chi connectivity index (χ4v) is 2.35. The van der Waals surface area contributed by atoms with Crippen LogP contribution in [0.2, 0.25) is 5.15 Å². The summed E-state index contributed by atoms with van der Waals surface area (Å²) in [4.78, 5) is 0. The average molecular weight is 265 g/mol. The molecule has 0 saturated heterocycles. The molecule has 0 fully saturated rings. The number of aromatic nitrogens is 2. The summed E-state index contributed by atoms with van der Waals surface area (Å²) in [6, 6.07) is 9.67. The Morgan fingerprint density at radius 3 is 2.56 bits per heavy atom. The van der Waals surface area contributed by atoms with E-state index in [-0.39, 0.29) is 0 Å². The van der Waals surface area contributed by atoms with Crippen molar-refractivity contribution in [2.45, 2.75) is 25.9 Å². The summed E-state index contributed by atoms with van der Waals surface area (Å²) in [6.07, 6.45) is 0.923. The average Bonchev–Trinajstić information content (AvgIpc) is 2.62. The molecule has 96 valence electrons. The minimum atomic E-state index is -0.457. The number of aliphatic hydroxyl groups is 1. The van der Waals surface area contributed by atoms with Crippen LogP contribution in [0.4, 0.5) is 0 Å². The van der Waals surface area contributed by atoms with Crippen molar-refractivity contribution in [3.8, 4) is 0 Å². The number of rotatable bonds is 4. The molecule has 0 aliphatic carbocycles. The van der Waals surface area contributed by atoms with E-state index in [2.05, 4.69) is 5.10 Å². The van der Waals surface area contributed by atoms with Crippen molar-refractivity contribution in [3.05, 3.63) is 52.3 Å². The Morgan fingerprint density at radius 2 is 2.00 bits per heavy atom. The molecule has 0 saturated carbocycles. The standard InChI is InChI=1S/C14H17ClN2O/c1-10-12(14(15)17(2)16-10)8-9-13(18)11-6-4-3-5-7-11/h3-7,13,18H,8-9H2,1-2H3. The number of halogens is 1. The second-order valence-corrected chi connectivity index (χ2v) is 4.80. The molecule has 0 aliphatic rings. The van der Waals surface area contributed by atoms with Gasteiger partial charge in [0.05, 0.1) is 11.8 Å². The largest absolute Gasteiger partial charge is 0.388 e. The summed E-state index contributed by atoms with van der Waals surface area (Å²) in [5.74, 6) is 0. The van der Waals surface area contributed by atoms with Crippen LogP contribution in [0, 0.1) is 6.92 Å². The van der Waals surface area contributed by atoms with Gasteiger partial charge in [0.15, 0.2) is 0 Å². The number of aryl methyl sites for hydroxylation is 2. The fraction of sp³-hybridized carbons (Fsp3) is 0.357. The van der Waals surface area contributed by atoms with Crippen LogP contribution in [-0.2, 0) is 13.5 Å². The van der Waals surface area contributed by atoms with Crippen molar-refractivity contribution in [1.29, 1.82) is 0 Å². The smallest absolute Gasteiger partial charge is 0.130 e. The normalized spacial score (nSPS) is 12.7. The molecule has 1 N–H and O–H groups in total. The van der Waals surface area contributed by atoms with Crippen LogP contribution >= 0.6 is 11.6 Å². The summed E-state index contributed by atoms with van der Waals surface area (Å²) in [5.41, 5.74) is 2.90. The maximum absolute atomic E-state index is 10.1. The van der Waals surface area contributed by atoms with Crippen LogP contribution in [0.15, 0.2) is 30.3 Å². The molecule has 0 radical (unpaired) electrons. The summed E-state index contributed by atoms with van der Waals surface area (Å²) in [7, 11) is 1.83. The maximum atomic E-state index is 10.1. The lowest BCUT2D eigenvalue weighted by Gasteiger charge is -2.10. The Labute approximate surface area is 112 Å². The van der Waals surface area contributed by atoms with E-state index in [9.17, 15) is 5.11 Å². The first-order valence-corrected chi connectivity index (χ1v) is 6.38. The van der Waals surface area contributed by atoms with Gasteiger partial charge in [-0.15, -0.1) is 0 Å². The van der Waals surface area contributed by atoms with E-state index in [4.69, 9.17) is 11.6 Å². The SMILES string of the molecule is Cc1nn(C)c(Cl)c1CCC(O)c1ccccc1. The van der Waals surface area contributed by atoms with E-state index in [0.29, 0.717) is 11.6 Å². The Kier molecular flexibility index (Phi) is 4.04. The first kappa shape index (κ1) is 13.1. The number of aliphatic hydroxyl groups excluding tert-OH is 1. The van der Waals surface area contributed by atoms with Crippen LogP contribution in [0.3, 0.4) is 0 Å². The topological polar surface area (TPSA) is 38.0 Å². The van der Waals surface area contributed by atoms with Crippen molar-refractivity contribution in [2.75, 3.05) is 0 Å². The van der Waals surface area contributed by atoms with Crippen molar-refractivity contribution >= 4 is 11.6 Å². The van der Waals surface area contributed by atoms with Gasteiger partial charge in [0.1, 0.15) is 5.15 Å². The van der Waals surface area contributed by atoms with Crippen molar-refractivity contribution in [3.63, 3.8) is 0 Å². The molecule has 2 aromatic rings. The lowest BCUT2D eigenvalue weighted by atomic mass is 10.0.